The van der Waals surface area contributed by atoms with Crippen LogP contribution in [0, 0.1) is 17.8 Å². The number of amides is 4. The predicted octanol–water partition coefficient (Wildman–Crippen LogP) is 1.42. The number of imide groups is 1. The van der Waals surface area contributed by atoms with E-state index in [1.807, 2.05) is 0 Å². The Balaban J connectivity index is 1.27. The molecule has 1 aliphatic heterocycles. The van der Waals surface area contributed by atoms with Crippen molar-refractivity contribution >= 4 is 17.8 Å². The van der Waals surface area contributed by atoms with Gasteiger partial charge in [0.2, 0.25) is 5.91 Å². The van der Waals surface area contributed by atoms with Gasteiger partial charge in [-0.2, -0.15) is 0 Å². The third kappa shape index (κ3) is 3.18. The molecule has 4 amide bonds. The van der Waals surface area contributed by atoms with Crippen molar-refractivity contribution in [1.29, 1.82) is 0 Å². The minimum absolute atomic E-state index is 0.0319. The molecule has 1 aromatic rings. The van der Waals surface area contributed by atoms with Crippen LogP contribution in [0.2, 0.25) is 0 Å². The molecule has 2 bridgehead atoms. The predicted molar refractivity (Wildman–Crippen MR) is 88.0 cm³/mol. The van der Waals surface area contributed by atoms with Crippen LogP contribution in [0.4, 0.5) is 4.79 Å². The molecule has 0 spiro atoms. The van der Waals surface area contributed by atoms with Gasteiger partial charge in [-0.05, 0) is 42.7 Å². The molecule has 2 aliphatic carbocycles. The highest BCUT2D eigenvalue weighted by atomic mass is 16.3. The third-order valence-electron chi connectivity index (χ3n) is 5.37. The molecule has 2 fully saturated rings. The van der Waals surface area contributed by atoms with E-state index in [2.05, 4.69) is 22.8 Å². The van der Waals surface area contributed by atoms with E-state index in [0.29, 0.717) is 30.1 Å². The van der Waals surface area contributed by atoms with Gasteiger partial charge in [0.15, 0.2) is 0 Å². The monoisotopic (exact) mass is 343 g/mol. The second kappa shape index (κ2) is 6.38. The third-order valence-corrected chi connectivity index (χ3v) is 5.37. The van der Waals surface area contributed by atoms with E-state index in [0.717, 1.165) is 11.3 Å². The molecule has 0 radical (unpaired) electrons. The fraction of sp³-hybridized carbons (Fsp3) is 0.500. The first-order valence-corrected chi connectivity index (χ1v) is 8.69. The van der Waals surface area contributed by atoms with Gasteiger partial charge in [0.25, 0.3) is 5.91 Å². The van der Waals surface area contributed by atoms with Crippen molar-refractivity contribution in [3.63, 3.8) is 0 Å². The van der Waals surface area contributed by atoms with Gasteiger partial charge in [-0.25, -0.2) is 4.79 Å². The van der Waals surface area contributed by atoms with E-state index in [-0.39, 0.29) is 24.8 Å². The molecule has 7 nitrogen and oxygen atoms in total. The first-order chi connectivity index (χ1) is 12.1. The number of rotatable bonds is 6. The Hall–Kier alpha value is -2.57. The molecule has 0 unspecified atom stereocenters. The molecule has 1 saturated carbocycles. The number of hydrogen-bond donors (Lipinski definition) is 2. The molecule has 3 aliphatic rings. The van der Waals surface area contributed by atoms with Crippen molar-refractivity contribution < 1.29 is 18.8 Å². The van der Waals surface area contributed by atoms with Gasteiger partial charge in [0, 0.05) is 6.54 Å². The maximum atomic E-state index is 12.4. The molecule has 1 aromatic heterocycles. The van der Waals surface area contributed by atoms with Gasteiger partial charge in [-0.15, -0.1) is 0 Å². The maximum absolute atomic E-state index is 12.4. The van der Waals surface area contributed by atoms with Crippen LogP contribution >= 0.6 is 0 Å². The van der Waals surface area contributed by atoms with Gasteiger partial charge in [0.1, 0.15) is 11.8 Å². The normalized spacial score (nSPS) is 30.2. The van der Waals surface area contributed by atoms with Crippen LogP contribution in [0.1, 0.15) is 25.0 Å². The number of carbonyl (C=O) groups excluding carboxylic acids is 3. The summed E-state index contributed by atoms with van der Waals surface area (Å²) in [5.74, 6) is 1.66. The van der Waals surface area contributed by atoms with Crippen LogP contribution in [0.25, 0.3) is 0 Å². The van der Waals surface area contributed by atoms with Crippen LogP contribution in [0.3, 0.4) is 0 Å². The number of allylic oxidation sites excluding steroid dienone is 2. The van der Waals surface area contributed by atoms with Gasteiger partial charge >= 0.3 is 6.03 Å². The van der Waals surface area contributed by atoms with Gasteiger partial charge in [-0.3, -0.25) is 14.5 Å². The quantitative estimate of drug-likeness (QED) is 0.604. The molecule has 132 valence electrons. The van der Waals surface area contributed by atoms with Crippen molar-refractivity contribution in [2.45, 2.75) is 31.8 Å². The molecule has 1 saturated heterocycles. The van der Waals surface area contributed by atoms with E-state index in [9.17, 15) is 14.4 Å². The van der Waals surface area contributed by atoms with Crippen molar-refractivity contribution in [3.05, 3.63) is 36.3 Å². The van der Waals surface area contributed by atoms with Crippen molar-refractivity contribution in [2.24, 2.45) is 17.8 Å². The van der Waals surface area contributed by atoms with Gasteiger partial charge in [-0.1, -0.05) is 12.2 Å². The Morgan fingerprint density at radius 1 is 1.32 bits per heavy atom. The summed E-state index contributed by atoms with van der Waals surface area (Å²) in [6.07, 6.45) is 8.29. The Bertz CT molecular complexity index is 712. The number of carbonyl (C=O) groups is 3. The van der Waals surface area contributed by atoms with Crippen LogP contribution < -0.4 is 10.6 Å². The summed E-state index contributed by atoms with van der Waals surface area (Å²) in [5, 5.41) is 5.49. The lowest BCUT2D eigenvalue weighted by atomic mass is 9.93. The molecular weight excluding hydrogens is 322 g/mol. The molecule has 4 atom stereocenters. The summed E-state index contributed by atoms with van der Waals surface area (Å²) < 4.78 is 5.17. The fourth-order valence-corrected chi connectivity index (χ4v) is 4.06. The molecule has 2 N–H and O–H groups in total. The van der Waals surface area contributed by atoms with Crippen molar-refractivity contribution in [2.75, 3.05) is 6.54 Å². The highest BCUT2D eigenvalue weighted by Gasteiger charge is 2.40. The van der Waals surface area contributed by atoms with Crippen LogP contribution in [-0.4, -0.2) is 35.3 Å². The van der Waals surface area contributed by atoms with Crippen molar-refractivity contribution in [3.8, 4) is 0 Å². The molecule has 4 rings (SSSR count). The minimum Gasteiger partial charge on any atom is -0.467 e. The van der Waals surface area contributed by atoms with E-state index >= 15 is 0 Å². The molecule has 0 aromatic carbocycles. The lowest BCUT2D eigenvalue weighted by molar-refractivity contribution is -0.131. The SMILES string of the molecule is O=C(C[C@@H]1NC(=O)N(Cc2ccco2)C1=O)NC[C@@H]1C[C@H]2C=C[C@H]1C2. The summed E-state index contributed by atoms with van der Waals surface area (Å²) in [5.41, 5.74) is 0. The Kier molecular flexibility index (Phi) is 4.07. The zero-order valence-electron chi connectivity index (χ0n) is 13.8. The molecule has 7 heteroatoms. The number of nitrogens with one attached hydrogen (secondary N) is 2. The average Bonchev–Trinajstić information content (AvgIpc) is 3.36. The summed E-state index contributed by atoms with van der Waals surface area (Å²) in [4.78, 5) is 37.6. The lowest BCUT2D eigenvalue weighted by Crippen LogP contribution is -2.38. The van der Waals surface area contributed by atoms with E-state index in [1.165, 1.54) is 12.7 Å². The minimum atomic E-state index is -0.803. The largest absolute Gasteiger partial charge is 0.467 e. The Labute approximate surface area is 145 Å². The maximum Gasteiger partial charge on any atom is 0.325 e. The zero-order valence-corrected chi connectivity index (χ0v) is 13.8. The molecular formula is C18H21N3O4. The van der Waals surface area contributed by atoms with Gasteiger partial charge < -0.3 is 15.1 Å². The van der Waals surface area contributed by atoms with Crippen LogP contribution in [0.5, 0.6) is 0 Å². The van der Waals surface area contributed by atoms with Crippen LogP contribution in [0.15, 0.2) is 35.0 Å². The summed E-state index contributed by atoms with van der Waals surface area (Å²) in [6.45, 7) is 0.711. The Morgan fingerprint density at radius 3 is 2.88 bits per heavy atom. The summed E-state index contributed by atoms with van der Waals surface area (Å²) in [7, 11) is 0. The van der Waals surface area contributed by atoms with Crippen LogP contribution in [-0.2, 0) is 16.1 Å². The average molecular weight is 343 g/mol. The standard InChI is InChI=1S/C18H21N3O4/c22-16(19-9-13-7-11-3-4-12(13)6-11)8-15-17(23)21(18(24)20-15)10-14-2-1-5-25-14/h1-5,11-13,15H,6-10H2,(H,19,22)(H,20,24)/t11-,12-,13-,15-/m0/s1. The fourth-order valence-electron chi connectivity index (χ4n) is 4.06. The van der Waals surface area contributed by atoms with E-state index in [1.54, 1.807) is 12.1 Å². The first-order valence-electron chi connectivity index (χ1n) is 8.69. The molecule has 25 heavy (non-hydrogen) atoms. The highest BCUT2D eigenvalue weighted by molar-refractivity contribution is 6.05. The second-order valence-corrected chi connectivity index (χ2v) is 7.05. The summed E-state index contributed by atoms with van der Waals surface area (Å²) in [6, 6.07) is 2.10. The highest BCUT2D eigenvalue weighted by Crippen LogP contribution is 2.42. The summed E-state index contributed by atoms with van der Waals surface area (Å²) >= 11 is 0. The number of nitrogens with zero attached hydrogens (tertiary/aromatic N) is 1. The number of furan rings is 1. The smallest absolute Gasteiger partial charge is 0.325 e. The number of fused-ring (bicyclic) bond motifs is 2. The number of urea groups is 1. The number of hydrogen-bond acceptors (Lipinski definition) is 4. The zero-order chi connectivity index (χ0) is 17.4. The van der Waals surface area contributed by atoms with E-state index in [4.69, 9.17) is 4.42 Å². The topological polar surface area (TPSA) is 91.7 Å². The first kappa shape index (κ1) is 15.9. The Morgan fingerprint density at radius 2 is 2.20 bits per heavy atom. The van der Waals surface area contributed by atoms with E-state index < -0.39 is 12.1 Å². The molecule has 2 heterocycles. The lowest BCUT2D eigenvalue weighted by Gasteiger charge is -2.19. The second-order valence-electron chi connectivity index (χ2n) is 7.05. The van der Waals surface area contributed by atoms with Gasteiger partial charge in [0.05, 0.1) is 19.2 Å². The van der Waals surface area contributed by atoms with Crippen molar-refractivity contribution in [1.82, 2.24) is 15.5 Å².